The molecule has 0 radical (unpaired) electrons. The van der Waals surface area contributed by atoms with Gasteiger partial charge in [-0.15, -0.1) is 0 Å². The number of hydrogen-bond acceptors (Lipinski definition) is 12. The third-order valence-corrected chi connectivity index (χ3v) is 15.8. The summed E-state index contributed by atoms with van der Waals surface area (Å²) in [4.78, 5) is 66.6. The van der Waals surface area contributed by atoms with Crippen LogP contribution < -0.4 is 20.1 Å². The summed E-state index contributed by atoms with van der Waals surface area (Å²) >= 11 is 6.84. The molecule has 17 heteroatoms. The minimum Gasteiger partial charge on any atom is -0.462 e. The normalized spacial score (nSPS) is 18.7. The van der Waals surface area contributed by atoms with E-state index >= 15 is 0 Å². The van der Waals surface area contributed by atoms with E-state index in [1.165, 1.54) is 0 Å². The number of nitriles is 1. The van der Waals surface area contributed by atoms with Crippen molar-refractivity contribution >= 4 is 56.9 Å². The molecule has 2 atom stereocenters. The Balaban J connectivity index is 0.931. The van der Waals surface area contributed by atoms with Crippen LogP contribution in [0.4, 0.5) is 16.3 Å². The molecule has 3 fully saturated rings. The number of benzene rings is 2. The molecule has 2 aromatic carbocycles. The van der Waals surface area contributed by atoms with Crippen LogP contribution >= 0.6 is 11.6 Å². The predicted molar refractivity (Wildman–Crippen MR) is 294 cm³/mol. The minimum atomic E-state index is -0.608. The number of fused-ring (bicyclic) bond motifs is 3. The molecular weight excluding hydrogens is 966 g/mol. The molecule has 4 aromatic heterocycles. The second-order valence-corrected chi connectivity index (χ2v) is 22.4. The molecule has 0 aliphatic carbocycles. The number of anilines is 2. The Morgan fingerprint density at radius 1 is 0.947 bits per heavy atom. The Morgan fingerprint density at radius 3 is 2.47 bits per heavy atom. The number of ether oxygens (including phenoxy) is 2. The fourth-order valence-electron chi connectivity index (χ4n) is 11.6. The molecular formula is C58H68ClN11O5. The number of carbonyl (C=O) groups excluding carboxylic acids is 2. The number of aromatic nitrogens is 5. The molecule has 0 N–H and O–H groups in total. The summed E-state index contributed by atoms with van der Waals surface area (Å²) in [6, 6.07) is 22.3. The van der Waals surface area contributed by atoms with Gasteiger partial charge in [0.25, 0.3) is 11.5 Å². The highest BCUT2D eigenvalue weighted by molar-refractivity contribution is 6.36. The van der Waals surface area contributed by atoms with Crippen LogP contribution in [-0.4, -0.2) is 128 Å². The van der Waals surface area contributed by atoms with E-state index in [0.29, 0.717) is 87.4 Å². The van der Waals surface area contributed by atoms with Gasteiger partial charge in [0.05, 0.1) is 42.3 Å². The molecule has 6 aromatic rings. The van der Waals surface area contributed by atoms with Crippen LogP contribution in [0.25, 0.3) is 32.9 Å². The number of piperidine rings is 1. The first kappa shape index (κ1) is 51.5. The Kier molecular flexibility index (Phi) is 14.7. The molecule has 4 aliphatic rings. The molecule has 3 saturated heterocycles. The molecule has 10 rings (SSSR count). The van der Waals surface area contributed by atoms with Gasteiger partial charge < -0.3 is 43.1 Å². The number of nitrogens with zero attached hydrogens (tertiary/aromatic N) is 11. The first-order chi connectivity index (χ1) is 36.0. The average molecular weight is 1030 g/mol. The van der Waals surface area contributed by atoms with Crippen LogP contribution in [0.5, 0.6) is 6.01 Å². The summed E-state index contributed by atoms with van der Waals surface area (Å²) in [5, 5.41) is 14.0. The van der Waals surface area contributed by atoms with E-state index in [4.69, 9.17) is 36.0 Å². The molecule has 0 bridgehead atoms. The number of likely N-dealkylation sites (N-methyl/N-ethyl adjacent to an activating group) is 1. The molecule has 2 amide bonds. The molecule has 0 unspecified atom stereocenters. The van der Waals surface area contributed by atoms with Crippen molar-refractivity contribution < 1.29 is 19.1 Å². The van der Waals surface area contributed by atoms with Gasteiger partial charge in [-0.2, -0.15) is 15.2 Å². The van der Waals surface area contributed by atoms with Gasteiger partial charge in [0.15, 0.2) is 0 Å². The van der Waals surface area contributed by atoms with E-state index in [0.717, 1.165) is 81.7 Å². The van der Waals surface area contributed by atoms with Crippen molar-refractivity contribution in [3.05, 3.63) is 118 Å². The Labute approximate surface area is 444 Å². The highest BCUT2D eigenvalue weighted by Crippen LogP contribution is 2.40. The second kappa shape index (κ2) is 21.3. The molecule has 4 aliphatic heterocycles. The number of hydrogen-bond donors (Lipinski definition) is 0. The van der Waals surface area contributed by atoms with E-state index < -0.39 is 11.6 Å². The summed E-state index contributed by atoms with van der Waals surface area (Å²) in [6.07, 6.45) is 7.67. The van der Waals surface area contributed by atoms with E-state index in [9.17, 15) is 19.6 Å². The molecule has 75 heavy (non-hydrogen) atoms. The van der Waals surface area contributed by atoms with E-state index in [2.05, 4.69) is 69.3 Å². The number of piperazine rings is 1. The van der Waals surface area contributed by atoms with Crippen LogP contribution in [0.3, 0.4) is 0 Å². The lowest BCUT2D eigenvalue weighted by Crippen LogP contribution is -2.56. The van der Waals surface area contributed by atoms with Crippen molar-refractivity contribution in [2.24, 2.45) is 0 Å². The molecule has 392 valence electrons. The van der Waals surface area contributed by atoms with Crippen LogP contribution in [0.2, 0.25) is 5.02 Å². The van der Waals surface area contributed by atoms with Gasteiger partial charge in [-0.3, -0.25) is 9.59 Å². The highest BCUT2D eigenvalue weighted by Gasteiger charge is 2.37. The number of pyridine rings is 2. The van der Waals surface area contributed by atoms with Crippen LogP contribution in [-0.2, 0) is 29.0 Å². The maximum atomic E-state index is 15.0. The molecule has 16 nitrogen and oxygen atoms in total. The van der Waals surface area contributed by atoms with Gasteiger partial charge >= 0.3 is 12.1 Å². The number of carbonyl (C=O) groups is 2. The van der Waals surface area contributed by atoms with Crippen molar-refractivity contribution in [2.75, 3.05) is 69.3 Å². The van der Waals surface area contributed by atoms with Crippen molar-refractivity contribution in [3.63, 3.8) is 0 Å². The summed E-state index contributed by atoms with van der Waals surface area (Å²) < 4.78 is 16.0. The van der Waals surface area contributed by atoms with Crippen molar-refractivity contribution in [2.45, 2.75) is 116 Å². The lowest BCUT2D eigenvalue weighted by atomic mass is 9.93. The fourth-order valence-corrected chi connectivity index (χ4v) is 11.8. The van der Waals surface area contributed by atoms with E-state index in [-0.39, 0.29) is 48.5 Å². The zero-order valence-corrected chi connectivity index (χ0v) is 44.9. The maximum Gasteiger partial charge on any atom is 0.410 e. The van der Waals surface area contributed by atoms with Crippen LogP contribution in [0.1, 0.15) is 95.6 Å². The fraction of sp³-hybridized carbons (Fsp3) is 0.466. The second-order valence-electron chi connectivity index (χ2n) is 21.9. The lowest BCUT2D eigenvalue weighted by Gasteiger charge is -2.42. The number of likely N-dealkylation sites (tertiary alicyclic amines) is 2. The maximum absolute atomic E-state index is 15.0. The SMILES string of the molecule is C=C(Cn1c(C2CCN(C(=O)OC(C)(C)C)CC2)cc2c(-c3ccc(=O)n(C(C)C)c3)ccnc21)C(=O)N1CCN(c2nc(OC[C@@H]3CCCN3C)nc3c2CCN(c2cccc4cccc(Cl)c24)C3)C[C@@H]1CC#N. The first-order valence-electron chi connectivity index (χ1n) is 26.5. The number of halogens is 1. The minimum absolute atomic E-state index is 0.0366. The highest BCUT2D eigenvalue weighted by atomic mass is 35.5. The van der Waals surface area contributed by atoms with Crippen molar-refractivity contribution in [1.82, 2.24) is 38.8 Å². The zero-order chi connectivity index (χ0) is 52.7. The monoisotopic (exact) mass is 1030 g/mol. The average Bonchev–Trinajstić information content (AvgIpc) is 3.99. The summed E-state index contributed by atoms with van der Waals surface area (Å²) in [6.45, 7) is 19.2. The van der Waals surface area contributed by atoms with Gasteiger partial charge in [0.2, 0.25) is 0 Å². The number of rotatable bonds is 12. The topological polar surface area (TPSA) is 158 Å². The summed E-state index contributed by atoms with van der Waals surface area (Å²) in [5.41, 5.74) is 6.15. The number of amides is 2. The predicted octanol–water partition coefficient (Wildman–Crippen LogP) is 9.38. The van der Waals surface area contributed by atoms with Gasteiger partial charge in [-0.1, -0.05) is 42.4 Å². The molecule has 8 heterocycles. The van der Waals surface area contributed by atoms with Crippen molar-refractivity contribution in [3.8, 4) is 23.2 Å². The Hall–Kier alpha value is -6.96. The molecule has 0 saturated carbocycles. The van der Waals surface area contributed by atoms with Gasteiger partial charge in [-0.05, 0) is 127 Å². The van der Waals surface area contributed by atoms with Crippen LogP contribution in [0, 0.1) is 11.3 Å². The molecule has 0 spiro atoms. The smallest absolute Gasteiger partial charge is 0.410 e. The summed E-state index contributed by atoms with van der Waals surface area (Å²) in [5.74, 6) is 0.601. The van der Waals surface area contributed by atoms with E-state index in [1.807, 2.05) is 70.0 Å². The lowest BCUT2D eigenvalue weighted by molar-refractivity contribution is -0.130. The Bertz CT molecular complexity index is 3250. The quantitative estimate of drug-likeness (QED) is 0.107. The zero-order valence-electron chi connectivity index (χ0n) is 44.1. The van der Waals surface area contributed by atoms with Crippen LogP contribution in [0.15, 0.2) is 90.0 Å². The van der Waals surface area contributed by atoms with Crippen molar-refractivity contribution in [1.29, 1.82) is 5.26 Å². The van der Waals surface area contributed by atoms with Gasteiger partial charge in [0.1, 0.15) is 23.7 Å². The largest absolute Gasteiger partial charge is 0.462 e. The third kappa shape index (κ3) is 10.7. The van der Waals surface area contributed by atoms with Gasteiger partial charge in [-0.25, -0.2) is 9.78 Å². The van der Waals surface area contributed by atoms with Gasteiger partial charge in [0, 0.05) is 109 Å². The van der Waals surface area contributed by atoms with E-state index in [1.54, 1.807) is 21.7 Å². The first-order valence-corrected chi connectivity index (χ1v) is 26.9. The standard InChI is InChI=1S/C58H68ClN11O5/c1-37(2)69-33-41(16-17-51(69)71)44-19-24-61-53-46(44)31-50(39-20-26-65(27-21-39)57(73)75-58(4,5)6)70(53)32-38(3)55(72)68-30-29-67(34-42(68)18-23-60)54-45-22-28-66(49-15-9-12-40-11-8-14-47(59)52(40)49)35-48(45)62-56(63-54)74-36-43-13-10-25-64(43)7/h8-9,11-12,14-17,19,24,31,33,37,39,42-43H,3,10,13,18,20-22,25-30,32,34-36H2,1-2,4-7H3/t42-,43-/m0/s1. The Morgan fingerprint density at radius 2 is 1.73 bits per heavy atom. The third-order valence-electron chi connectivity index (χ3n) is 15.5. The summed E-state index contributed by atoms with van der Waals surface area (Å²) in [7, 11) is 2.13.